The number of ether oxygens (including phenoxy) is 1. The largest absolute Gasteiger partial charge is 0.496 e. The number of benzene rings is 2. The fourth-order valence-corrected chi connectivity index (χ4v) is 4.83. The Hall–Kier alpha value is -2.19. The molecular weight excluding hydrogens is 401 g/mol. The second-order valence-electron chi connectivity index (χ2n) is 7.00. The van der Waals surface area contributed by atoms with Gasteiger partial charge in [0.1, 0.15) is 5.75 Å². The van der Waals surface area contributed by atoms with Crippen molar-refractivity contribution in [3.8, 4) is 5.75 Å². The normalized spacial score (nSPS) is 19.8. The van der Waals surface area contributed by atoms with Gasteiger partial charge in [0.25, 0.3) is 5.91 Å². The Bertz CT molecular complexity index is 895. The summed E-state index contributed by atoms with van der Waals surface area (Å²) < 4.78 is 48.2. The van der Waals surface area contributed by atoms with Gasteiger partial charge in [-0.05, 0) is 37.3 Å². The minimum atomic E-state index is -4.62. The molecule has 0 aliphatic carbocycles. The van der Waals surface area contributed by atoms with E-state index < -0.39 is 23.1 Å². The molecule has 156 valence electrons. The maximum Gasteiger partial charge on any atom is 0.416 e. The van der Waals surface area contributed by atoms with Gasteiger partial charge in [0.05, 0.1) is 18.2 Å². The molecule has 0 radical (unpaired) electrons. The number of halogens is 3. The molecule has 4 nitrogen and oxygen atoms in total. The Balaban J connectivity index is 2.47. The summed E-state index contributed by atoms with van der Waals surface area (Å²) >= 11 is 1.04. The van der Waals surface area contributed by atoms with Crippen LogP contribution >= 0.6 is 11.8 Å². The average Bonchev–Trinajstić information content (AvgIpc) is 2.72. The second kappa shape index (κ2) is 8.28. The lowest BCUT2D eigenvalue weighted by Gasteiger charge is -2.41. The molecule has 1 atom stereocenters. The topological polar surface area (TPSA) is 64.3 Å². The van der Waals surface area contributed by atoms with Crippen LogP contribution in [0, 0.1) is 0 Å². The van der Waals surface area contributed by atoms with Gasteiger partial charge in [-0.3, -0.25) is 4.79 Å². The third-order valence-corrected chi connectivity index (χ3v) is 6.17. The standard InChI is InChI=1S/C21H23F3N2O2S/c1-28-18-16(19(25)27)15(29-2)11-14(21(22,23)24)17(18)20(9-6-10-26-12-20)13-7-4-3-5-8-13/h3-5,7-8,11,26H,6,9-10,12H2,1-2H3,(H2,25,27). The van der Waals surface area contributed by atoms with Crippen LogP contribution in [-0.2, 0) is 11.6 Å². The first-order chi connectivity index (χ1) is 13.8. The van der Waals surface area contributed by atoms with E-state index in [-0.39, 0.29) is 21.8 Å². The molecule has 2 aromatic carbocycles. The van der Waals surface area contributed by atoms with E-state index in [9.17, 15) is 18.0 Å². The summed E-state index contributed by atoms with van der Waals surface area (Å²) in [5.41, 5.74) is 4.48. The van der Waals surface area contributed by atoms with E-state index in [0.717, 1.165) is 23.4 Å². The van der Waals surface area contributed by atoms with Crippen molar-refractivity contribution in [1.29, 1.82) is 0 Å². The number of nitrogens with one attached hydrogen (secondary N) is 1. The number of thioether (sulfide) groups is 1. The third-order valence-electron chi connectivity index (χ3n) is 5.41. The minimum absolute atomic E-state index is 0.0103. The van der Waals surface area contributed by atoms with Crippen molar-refractivity contribution < 1.29 is 22.7 Å². The number of amides is 1. The Kier molecular flexibility index (Phi) is 6.14. The van der Waals surface area contributed by atoms with Gasteiger partial charge in [-0.1, -0.05) is 30.3 Å². The molecule has 1 heterocycles. The molecule has 0 saturated carbocycles. The van der Waals surface area contributed by atoms with Gasteiger partial charge in [0, 0.05) is 22.4 Å². The van der Waals surface area contributed by atoms with Crippen molar-refractivity contribution in [2.24, 2.45) is 5.73 Å². The number of carbonyl (C=O) groups is 1. The molecule has 1 unspecified atom stereocenters. The van der Waals surface area contributed by atoms with E-state index in [4.69, 9.17) is 10.5 Å². The molecule has 3 rings (SSSR count). The maximum absolute atomic E-state index is 14.3. The number of piperidine rings is 1. The zero-order valence-electron chi connectivity index (χ0n) is 16.2. The molecule has 0 bridgehead atoms. The van der Waals surface area contributed by atoms with Crippen molar-refractivity contribution in [3.05, 3.63) is 58.7 Å². The van der Waals surface area contributed by atoms with E-state index >= 15 is 0 Å². The number of rotatable bonds is 5. The van der Waals surface area contributed by atoms with Gasteiger partial charge >= 0.3 is 6.18 Å². The fraction of sp³-hybridized carbons (Fsp3) is 0.381. The molecule has 1 fully saturated rings. The second-order valence-corrected chi connectivity index (χ2v) is 7.85. The average molecular weight is 424 g/mol. The Morgan fingerprint density at radius 2 is 1.97 bits per heavy atom. The molecule has 1 aliphatic heterocycles. The molecule has 2 aromatic rings. The first-order valence-electron chi connectivity index (χ1n) is 9.19. The predicted molar refractivity (Wildman–Crippen MR) is 108 cm³/mol. The summed E-state index contributed by atoms with van der Waals surface area (Å²) in [5.74, 6) is -0.905. The first kappa shape index (κ1) is 21.5. The van der Waals surface area contributed by atoms with Gasteiger partial charge in [-0.15, -0.1) is 11.8 Å². The number of hydrogen-bond donors (Lipinski definition) is 2. The van der Waals surface area contributed by atoms with Crippen LogP contribution in [0.15, 0.2) is 41.3 Å². The van der Waals surface area contributed by atoms with E-state index in [1.807, 2.05) is 18.2 Å². The van der Waals surface area contributed by atoms with Gasteiger partial charge < -0.3 is 15.8 Å². The highest BCUT2D eigenvalue weighted by Gasteiger charge is 2.47. The lowest BCUT2D eigenvalue weighted by atomic mass is 9.67. The highest BCUT2D eigenvalue weighted by molar-refractivity contribution is 7.98. The van der Waals surface area contributed by atoms with E-state index in [1.165, 1.54) is 7.11 Å². The molecule has 1 saturated heterocycles. The lowest BCUT2D eigenvalue weighted by molar-refractivity contribution is -0.139. The molecule has 3 N–H and O–H groups in total. The van der Waals surface area contributed by atoms with Crippen molar-refractivity contribution in [1.82, 2.24) is 5.32 Å². The predicted octanol–water partition coefficient (Wildman–Crippen LogP) is 4.20. The summed E-state index contributed by atoms with van der Waals surface area (Å²) in [7, 11) is 1.28. The van der Waals surface area contributed by atoms with Crippen molar-refractivity contribution in [3.63, 3.8) is 0 Å². The van der Waals surface area contributed by atoms with Gasteiger partial charge in [-0.2, -0.15) is 13.2 Å². The van der Waals surface area contributed by atoms with Crippen molar-refractivity contribution >= 4 is 17.7 Å². The van der Waals surface area contributed by atoms with Crippen molar-refractivity contribution in [2.75, 3.05) is 26.5 Å². The van der Waals surface area contributed by atoms with E-state index in [0.29, 0.717) is 25.9 Å². The fourth-order valence-electron chi connectivity index (χ4n) is 4.20. The SMILES string of the molecule is COc1c(C(N)=O)c(SC)cc(C(F)(F)F)c1C1(c2ccccc2)CCCNC1. The first-order valence-corrected chi connectivity index (χ1v) is 10.4. The molecule has 1 aliphatic rings. The highest BCUT2D eigenvalue weighted by atomic mass is 32.2. The summed E-state index contributed by atoms with van der Waals surface area (Å²) in [4.78, 5) is 12.4. The van der Waals surface area contributed by atoms with Crippen LogP contribution in [0.25, 0.3) is 0 Å². The van der Waals surface area contributed by atoms with Gasteiger partial charge in [0.2, 0.25) is 0 Å². The van der Waals surface area contributed by atoms with Crippen LogP contribution in [-0.4, -0.2) is 32.4 Å². The molecular formula is C21H23F3N2O2S. The van der Waals surface area contributed by atoms with Crippen molar-refractivity contribution in [2.45, 2.75) is 29.3 Å². The summed E-state index contributed by atoms with van der Waals surface area (Å²) in [6, 6.07) is 10.1. The van der Waals surface area contributed by atoms with Crippen LogP contribution in [0.4, 0.5) is 13.2 Å². The summed E-state index contributed by atoms with van der Waals surface area (Å²) in [5, 5.41) is 3.24. The molecule has 0 spiro atoms. The number of hydrogen-bond acceptors (Lipinski definition) is 4. The van der Waals surface area contributed by atoms with Crippen LogP contribution in [0.1, 0.15) is 39.9 Å². The van der Waals surface area contributed by atoms with Crippen LogP contribution in [0.3, 0.4) is 0 Å². The number of carbonyl (C=O) groups excluding carboxylic acids is 1. The quantitative estimate of drug-likeness (QED) is 0.706. The van der Waals surface area contributed by atoms with Gasteiger partial charge in [-0.25, -0.2) is 0 Å². The van der Waals surface area contributed by atoms with E-state index in [1.54, 1.807) is 18.4 Å². The lowest BCUT2D eigenvalue weighted by Crippen LogP contribution is -2.45. The maximum atomic E-state index is 14.3. The van der Waals surface area contributed by atoms with Crippen LogP contribution in [0.2, 0.25) is 0 Å². The zero-order chi connectivity index (χ0) is 21.2. The number of methoxy groups -OCH3 is 1. The Morgan fingerprint density at radius 1 is 1.28 bits per heavy atom. The van der Waals surface area contributed by atoms with Crippen LogP contribution in [0.5, 0.6) is 5.75 Å². The number of alkyl halides is 3. The number of nitrogens with two attached hydrogens (primary N) is 1. The third kappa shape index (κ3) is 3.83. The summed E-state index contributed by atoms with van der Waals surface area (Å²) in [6.07, 6.45) is -1.84. The zero-order valence-corrected chi connectivity index (χ0v) is 17.0. The molecule has 8 heteroatoms. The van der Waals surface area contributed by atoms with Gasteiger partial charge in [0.15, 0.2) is 0 Å². The number of primary amides is 1. The molecule has 29 heavy (non-hydrogen) atoms. The smallest absolute Gasteiger partial charge is 0.416 e. The van der Waals surface area contributed by atoms with Crippen LogP contribution < -0.4 is 15.8 Å². The molecule has 1 amide bonds. The monoisotopic (exact) mass is 424 g/mol. The summed E-state index contributed by atoms with van der Waals surface area (Å²) in [6.45, 7) is 1.01. The Labute approximate surface area is 172 Å². The Morgan fingerprint density at radius 3 is 2.45 bits per heavy atom. The van der Waals surface area contributed by atoms with E-state index in [2.05, 4.69) is 5.32 Å². The highest BCUT2D eigenvalue weighted by Crippen LogP contribution is 2.51. The molecule has 0 aromatic heterocycles. The minimum Gasteiger partial charge on any atom is -0.496 e.